The lowest BCUT2D eigenvalue weighted by Crippen LogP contribution is -2.47. The predicted octanol–water partition coefficient (Wildman–Crippen LogP) is 1.98. The van der Waals surface area contributed by atoms with Crippen molar-refractivity contribution in [3.63, 3.8) is 0 Å². The maximum absolute atomic E-state index is 12.4. The van der Waals surface area contributed by atoms with Gasteiger partial charge in [-0.25, -0.2) is 9.78 Å². The zero-order chi connectivity index (χ0) is 16.7. The monoisotopic (exact) mass is 321 g/mol. The van der Waals surface area contributed by atoms with Crippen molar-refractivity contribution in [3.05, 3.63) is 18.2 Å². The number of rotatable bonds is 6. The lowest BCUT2D eigenvalue weighted by molar-refractivity contribution is -0.149. The Balaban J connectivity index is 2.02. The summed E-state index contributed by atoms with van der Waals surface area (Å²) in [6, 6.07) is -0.534. The van der Waals surface area contributed by atoms with Gasteiger partial charge < -0.3 is 14.6 Å². The summed E-state index contributed by atoms with van der Waals surface area (Å²) in [6.07, 6.45) is 10.1. The Kier molecular flexibility index (Phi) is 6.62. The fourth-order valence-corrected chi connectivity index (χ4v) is 3.19. The van der Waals surface area contributed by atoms with E-state index >= 15 is 0 Å². The van der Waals surface area contributed by atoms with Gasteiger partial charge in [-0.05, 0) is 25.7 Å². The van der Waals surface area contributed by atoms with Crippen LogP contribution in [0.5, 0.6) is 0 Å². The molecular formula is C17H27N3O3. The molecule has 1 heterocycles. The number of aryl methyl sites for hydroxylation is 1. The minimum atomic E-state index is -0.534. The summed E-state index contributed by atoms with van der Waals surface area (Å²) < 4.78 is 7.00. The van der Waals surface area contributed by atoms with E-state index in [1.165, 1.54) is 12.8 Å². The first-order chi connectivity index (χ1) is 11.1. The van der Waals surface area contributed by atoms with Gasteiger partial charge in [-0.2, -0.15) is 0 Å². The molecule has 0 bridgehead atoms. The number of carbonyl (C=O) groups is 2. The van der Waals surface area contributed by atoms with Gasteiger partial charge in [-0.15, -0.1) is 0 Å². The van der Waals surface area contributed by atoms with Crippen LogP contribution in [0.4, 0.5) is 0 Å². The van der Waals surface area contributed by atoms with Crippen molar-refractivity contribution in [1.82, 2.24) is 14.9 Å². The molecule has 0 saturated heterocycles. The summed E-state index contributed by atoms with van der Waals surface area (Å²) in [5.41, 5.74) is 0.825. The molecule has 23 heavy (non-hydrogen) atoms. The highest BCUT2D eigenvalue weighted by Crippen LogP contribution is 2.26. The summed E-state index contributed by atoms with van der Waals surface area (Å²) >= 11 is 0. The molecule has 1 unspecified atom stereocenters. The Morgan fingerprint density at radius 2 is 2.04 bits per heavy atom. The molecule has 1 N–H and O–H groups in total. The highest BCUT2D eigenvalue weighted by Gasteiger charge is 2.31. The molecule has 1 saturated carbocycles. The minimum Gasteiger partial charge on any atom is -0.464 e. The van der Waals surface area contributed by atoms with Gasteiger partial charge in [-0.1, -0.05) is 25.7 Å². The van der Waals surface area contributed by atoms with E-state index in [4.69, 9.17) is 4.74 Å². The molecule has 1 atom stereocenters. The third-order valence-electron chi connectivity index (χ3n) is 4.49. The average molecular weight is 321 g/mol. The fraction of sp³-hybridized carbons (Fsp3) is 0.706. The van der Waals surface area contributed by atoms with Crippen molar-refractivity contribution >= 4 is 11.9 Å². The van der Waals surface area contributed by atoms with Crippen LogP contribution < -0.4 is 5.32 Å². The number of hydrogen-bond acceptors (Lipinski definition) is 4. The average Bonchev–Trinajstić information content (AvgIpc) is 2.78. The third-order valence-corrected chi connectivity index (χ3v) is 4.49. The number of ether oxygens (including phenoxy) is 1. The predicted molar refractivity (Wildman–Crippen MR) is 86.7 cm³/mol. The molecule has 6 heteroatoms. The maximum Gasteiger partial charge on any atom is 0.328 e. The first-order valence-electron chi connectivity index (χ1n) is 8.53. The van der Waals surface area contributed by atoms with Gasteiger partial charge in [0.25, 0.3) is 0 Å². The Labute approximate surface area is 137 Å². The molecule has 0 aromatic carbocycles. The molecule has 1 aliphatic rings. The van der Waals surface area contributed by atoms with Crippen LogP contribution in [-0.2, 0) is 27.8 Å². The van der Waals surface area contributed by atoms with E-state index in [0.717, 1.165) is 31.4 Å². The van der Waals surface area contributed by atoms with Gasteiger partial charge >= 0.3 is 5.97 Å². The first kappa shape index (κ1) is 17.5. The van der Waals surface area contributed by atoms with Crippen LogP contribution >= 0.6 is 0 Å². The lowest BCUT2D eigenvalue weighted by Gasteiger charge is -2.25. The van der Waals surface area contributed by atoms with Crippen LogP contribution in [0, 0.1) is 5.92 Å². The molecule has 0 spiro atoms. The Bertz CT molecular complexity index is 519. The SMILES string of the molecule is CCOC(=O)C(NC(=O)Cc1cncn1C)C1CCCCCC1. The normalized spacial score (nSPS) is 17.3. The second kappa shape index (κ2) is 8.70. The van der Waals surface area contributed by atoms with Gasteiger partial charge in [0, 0.05) is 18.9 Å². The molecule has 0 radical (unpaired) electrons. The van der Waals surface area contributed by atoms with Crippen molar-refractivity contribution < 1.29 is 14.3 Å². The number of esters is 1. The Morgan fingerprint density at radius 1 is 1.35 bits per heavy atom. The van der Waals surface area contributed by atoms with Crippen LogP contribution in [0.1, 0.15) is 51.1 Å². The van der Waals surface area contributed by atoms with Gasteiger partial charge in [0.2, 0.25) is 5.91 Å². The highest BCUT2D eigenvalue weighted by atomic mass is 16.5. The van der Waals surface area contributed by atoms with Crippen LogP contribution in [0.15, 0.2) is 12.5 Å². The second-order valence-corrected chi connectivity index (χ2v) is 6.22. The maximum atomic E-state index is 12.4. The van der Waals surface area contributed by atoms with Gasteiger partial charge in [-0.3, -0.25) is 4.79 Å². The number of hydrogen-bond donors (Lipinski definition) is 1. The van der Waals surface area contributed by atoms with E-state index in [1.54, 1.807) is 19.4 Å². The van der Waals surface area contributed by atoms with E-state index in [0.29, 0.717) is 6.61 Å². The van der Waals surface area contributed by atoms with Crippen molar-refractivity contribution in [1.29, 1.82) is 0 Å². The summed E-state index contributed by atoms with van der Waals surface area (Å²) in [6.45, 7) is 2.12. The van der Waals surface area contributed by atoms with E-state index in [1.807, 2.05) is 11.6 Å². The second-order valence-electron chi connectivity index (χ2n) is 6.22. The lowest BCUT2D eigenvalue weighted by atomic mass is 9.91. The van der Waals surface area contributed by atoms with E-state index in [-0.39, 0.29) is 24.2 Å². The van der Waals surface area contributed by atoms with E-state index < -0.39 is 6.04 Å². The van der Waals surface area contributed by atoms with Crippen molar-refractivity contribution in [2.24, 2.45) is 13.0 Å². The van der Waals surface area contributed by atoms with Crippen molar-refractivity contribution in [2.45, 2.75) is 57.9 Å². The molecule has 128 valence electrons. The number of nitrogens with zero attached hydrogens (tertiary/aromatic N) is 2. The highest BCUT2D eigenvalue weighted by molar-refractivity contribution is 5.85. The largest absolute Gasteiger partial charge is 0.464 e. The molecule has 1 fully saturated rings. The third kappa shape index (κ3) is 5.08. The molecule has 1 aliphatic carbocycles. The molecule has 6 nitrogen and oxygen atoms in total. The molecule has 0 aliphatic heterocycles. The molecule has 2 rings (SSSR count). The Morgan fingerprint density at radius 3 is 2.61 bits per heavy atom. The van der Waals surface area contributed by atoms with Crippen LogP contribution in [0.2, 0.25) is 0 Å². The van der Waals surface area contributed by atoms with Crippen LogP contribution in [0.25, 0.3) is 0 Å². The van der Waals surface area contributed by atoms with Gasteiger partial charge in [0.15, 0.2) is 0 Å². The summed E-state index contributed by atoms with van der Waals surface area (Å²) in [4.78, 5) is 28.7. The van der Waals surface area contributed by atoms with Crippen molar-refractivity contribution in [2.75, 3.05) is 6.61 Å². The number of aromatic nitrogens is 2. The molecular weight excluding hydrogens is 294 g/mol. The number of nitrogens with one attached hydrogen (secondary N) is 1. The standard InChI is InChI=1S/C17H27N3O3/c1-3-23-17(22)16(13-8-6-4-5-7-9-13)19-15(21)10-14-11-18-12-20(14)2/h11-13,16H,3-10H2,1-2H3,(H,19,21). The van der Waals surface area contributed by atoms with E-state index in [2.05, 4.69) is 10.3 Å². The smallest absolute Gasteiger partial charge is 0.328 e. The first-order valence-corrected chi connectivity index (χ1v) is 8.53. The zero-order valence-corrected chi connectivity index (χ0v) is 14.1. The van der Waals surface area contributed by atoms with Crippen LogP contribution in [0.3, 0.4) is 0 Å². The van der Waals surface area contributed by atoms with Gasteiger partial charge in [0.05, 0.1) is 19.4 Å². The minimum absolute atomic E-state index is 0.157. The number of imidazole rings is 1. The summed E-state index contributed by atoms with van der Waals surface area (Å²) in [7, 11) is 1.85. The molecule has 1 aromatic heterocycles. The Hall–Kier alpha value is -1.85. The summed E-state index contributed by atoms with van der Waals surface area (Å²) in [5.74, 6) is -0.291. The zero-order valence-electron chi connectivity index (χ0n) is 14.1. The summed E-state index contributed by atoms with van der Waals surface area (Å²) in [5, 5.41) is 2.91. The van der Waals surface area contributed by atoms with E-state index in [9.17, 15) is 9.59 Å². The molecule has 1 aromatic rings. The van der Waals surface area contributed by atoms with Crippen molar-refractivity contribution in [3.8, 4) is 0 Å². The fourth-order valence-electron chi connectivity index (χ4n) is 3.19. The number of amides is 1. The van der Waals surface area contributed by atoms with Crippen LogP contribution in [-0.4, -0.2) is 34.1 Å². The quantitative estimate of drug-likeness (QED) is 0.642. The van der Waals surface area contributed by atoms with Gasteiger partial charge in [0.1, 0.15) is 6.04 Å². The topological polar surface area (TPSA) is 73.2 Å². The number of carbonyl (C=O) groups excluding carboxylic acids is 2. The molecule has 1 amide bonds.